The quantitative estimate of drug-likeness (QED) is 0.458. The molecule has 0 atom stereocenters. The Kier molecular flexibility index (Phi) is 7.23. The molecule has 0 fully saturated rings. The number of ether oxygens (including phenoxy) is 2. The van der Waals surface area contributed by atoms with Gasteiger partial charge in [0.05, 0.1) is 16.5 Å². The first kappa shape index (κ1) is 24.1. The summed E-state index contributed by atoms with van der Waals surface area (Å²) in [5.74, 6) is -0.740. The highest BCUT2D eigenvalue weighted by Crippen LogP contribution is 2.34. The zero-order chi connectivity index (χ0) is 24.3. The Morgan fingerprint density at radius 3 is 2.45 bits per heavy atom. The van der Waals surface area contributed by atoms with Crippen LogP contribution in [0.5, 0.6) is 5.75 Å². The lowest BCUT2D eigenvalue weighted by Crippen LogP contribution is -2.17. The van der Waals surface area contributed by atoms with Gasteiger partial charge in [-0.15, -0.1) is 11.3 Å². The molecule has 0 bridgehead atoms. The van der Waals surface area contributed by atoms with E-state index in [0.29, 0.717) is 17.1 Å². The van der Waals surface area contributed by atoms with Crippen LogP contribution in [0.2, 0.25) is 0 Å². The van der Waals surface area contributed by atoms with Gasteiger partial charge in [0.25, 0.3) is 11.8 Å². The van der Waals surface area contributed by atoms with Crippen LogP contribution in [-0.4, -0.2) is 23.9 Å². The van der Waals surface area contributed by atoms with Gasteiger partial charge in [-0.1, -0.05) is 6.07 Å². The molecule has 2 aromatic heterocycles. The van der Waals surface area contributed by atoms with E-state index < -0.39 is 17.8 Å². The number of carbonyl (C=O) groups excluding carboxylic acids is 3. The van der Waals surface area contributed by atoms with Crippen molar-refractivity contribution in [1.82, 2.24) is 0 Å². The van der Waals surface area contributed by atoms with Crippen LogP contribution < -0.4 is 15.8 Å². The number of benzene rings is 1. The number of nitrogens with one attached hydrogen (secondary N) is 1. The van der Waals surface area contributed by atoms with Crippen LogP contribution in [0.1, 0.15) is 66.9 Å². The fourth-order valence-electron chi connectivity index (χ4n) is 3.06. The molecule has 0 aliphatic rings. The van der Waals surface area contributed by atoms with E-state index in [1.807, 2.05) is 32.0 Å². The molecule has 0 saturated heterocycles. The maximum Gasteiger partial charge on any atom is 0.341 e. The van der Waals surface area contributed by atoms with E-state index in [4.69, 9.17) is 19.6 Å². The van der Waals surface area contributed by atoms with E-state index in [9.17, 15) is 14.4 Å². The lowest BCUT2D eigenvalue weighted by Gasteiger charge is -2.10. The van der Waals surface area contributed by atoms with Gasteiger partial charge in [0.2, 0.25) is 0 Å². The molecule has 0 saturated carbocycles. The second kappa shape index (κ2) is 9.91. The summed E-state index contributed by atoms with van der Waals surface area (Å²) in [6, 6.07) is 8.91. The molecule has 0 radical (unpaired) electrons. The van der Waals surface area contributed by atoms with E-state index in [0.717, 1.165) is 16.9 Å². The highest BCUT2D eigenvalue weighted by atomic mass is 32.1. The number of hydrogen-bond acceptors (Lipinski definition) is 7. The van der Waals surface area contributed by atoms with Gasteiger partial charge in [0, 0.05) is 0 Å². The molecule has 3 N–H and O–H groups in total. The third-order valence-electron chi connectivity index (χ3n) is 4.89. The van der Waals surface area contributed by atoms with Gasteiger partial charge < -0.3 is 24.9 Å². The van der Waals surface area contributed by atoms with Gasteiger partial charge in [-0.3, -0.25) is 9.59 Å². The fraction of sp³-hybridized carbons (Fsp3) is 0.292. The Labute approximate surface area is 195 Å². The minimum atomic E-state index is -0.694. The number of primary amides is 1. The Bertz CT molecular complexity index is 1210. The number of nitrogens with two attached hydrogens (primary N) is 1. The lowest BCUT2D eigenvalue weighted by molar-refractivity contribution is 0.0379. The molecule has 0 aliphatic heterocycles. The van der Waals surface area contributed by atoms with Crippen molar-refractivity contribution in [2.45, 2.75) is 47.3 Å². The standard InChI is InChI=1S/C24H26N2O6S/c1-12(2)31-24(29)19-15(5)20(21(25)27)33-23(19)26-22(28)18-9-8-17(32-18)11-30-16-7-6-13(3)14(4)10-16/h6-10,12H,11H2,1-5H3,(H2,25,27)(H,26,28). The Morgan fingerprint density at radius 1 is 1.09 bits per heavy atom. The predicted octanol–water partition coefficient (Wildman–Crippen LogP) is 4.76. The molecular formula is C24H26N2O6S. The zero-order valence-corrected chi connectivity index (χ0v) is 19.9. The summed E-state index contributed by atoms with van der Waals surface area (Å²) in [6.07, 6.45) is -0.373. The van der Waals surface area contributed by atoms with Gasteiger partial charge in [-0.05, 0) is 75.6 Å². The monoisotopic (exact) mass is 470 g/mol. The topological polar surface area (TPSA) is 121 Å². The number of hydrogen-bond donors (Lipinski definition) is 2. The van der Waals surface area contributed by atoms with Gasteiger partial charge in [0.1, 0.15) is 23.1 Å². The third kappa shape index (κ3) is 5.61. The fourth-order valence-corrected chi connectivity index (χ4v) is 4.10. The Balaban J connectivity index is 1.75. The maximum atomic E-state index is 12.8. The Hall–Kier alpha value is -3.59. The summed E-state index contributed by atoms with van der Waals surface area (Å²) < 4.78 is 16.6. The summed E-state index contributed by atoms with van der Waals surface area (Å²) in [6.45, 7) is 9.16. The SMILES string of the molecule is Cc1ccc(OCc2ccc(C(=O)Nc3sc(C(N)=O)c(C)c3C(=O)OC(C)C)o2)cc1C. The highest BCUT2D eigenvalue weighted by molar-refractivity contribution is 7.18. The number of rotatable bonds is 8. The smallest absolute Gasteiger partial charge is 0.341 e. The van der Waals surface area contributed by atoms with Gasteiger partial charge in [-0.2, -0.15) is 0 Å². The van der Waals surface area contributed by atoms with Crippen molar-refractivity contribution in [3.05, 3.63) is 69.0 Å². The molecule has 33 heavy (non-hydrogen) atoms. The molecule has 3 aromatic rings. The normalized spacial score (nSPS) is 10.8. The van der Waals surface area contributed by atoms with Crippen LogP contribution in [0.25, 0.3) is 0 Å². The Morgan fingerprint density at radius 2 is 1.82 bits per heavy atom. The number of anilines is 1. The maximum absolute atomic E-state index is 12.8. The number of thiophene rings is 1. The molecular weight excluding hydrogens is 444 g/mol. The molecule has 9 heteroatoms. The number of aryl methyl sites for hydroxylation is 2. The summed E-state index contributed by atoms with van der Waals surface area (Å²) >= 11 is 0.916. The first-order chi connectivity index (χ1) is 15.6. The van der Waals surface area contributed by atoms with Crippen molar-refractivity contribution in [1.29, 1.82) is 0 Å². The third-order valence-corrected chi connectivity index (χ3v) is 6.11. The van der Waals surface area contributed by atoms with Crippen molar-refractivity contribution in [2.75, 3.05) is 5.32 Å². The second-order valence-electron chi connectivity index (χ2n) is 7.83. The average Bonchev–Trinajstić information content (AvgIpc) is 3.33. The van der Waals surface area contributed by atoms with Crippen LogP contribution in [0, 0.1) is 20.8 Å². The van der Waals surface area contributed by atoms with Crippen molar-refractivity contribution < 1.29 is 28.3 Å². The lowest BCUT2D eigenvalue weighted by atomic mass is 10.1. The minimum absolute atomic E-state index is 0.0311. The molecule has 3 rings (SSSR count). The first-order valence-electron chi connectivity index (χ1n) is 10.3. The number of amides is 2. The molecule has 2 amide bonds. The summed E-state index contributed by atoms with van der Waals surface area (Å²) in [7, 11) is 0. The van der Waals surface area contributed by atoms with E-state index in [1.165, 1.54) is 11.6 Å². The predicted molar refractivity (Wildman–Crippen MR) is 125 cm³/mol. The van der Waals surface area contributed by atoms with E-state index in [-0.39, 0.29) is 33.9 Å². The summed E-state index contributed by atoms with van der Waals surface area (Å²) in [5, 5.41) is 2.80. The van der Waals surface area contributed by atoms with Crippen molar-refractivity contribution in [3.63, 3.8) is 0 Å². The average molecular weight is 471 g/mol. The molecule has 174 valence electrons. The molecule has 0 aliphatic carbocycles. The molecule has 2 heterocycles. The van der Waals surface area contributed by atoms with Crippen LogP contribution in [-0.2, 0) is 11.3 Å². The first-order valence-corrected chi connectivity index (χ1v) is 11.1. The van der Waals surface area contributed by atoms with E-state index in [1.54, 1.807) is 26.8 Å². The van der Waals surface area contributed by atoms with Gasteiger partial charge in [-0.25, -0.2) is 4.79 Å². The van der Waals surface area contributed by atoms with Crippen LogP contribution in [0.15, 0.2) is 34.7 Å². The second-order valence-corrected chi connectivity index (χ2v) is 8.85. The van der Waals surface area contributed by atoms with E-state index >= 15 is 0 Å². The molecule has 8 nitrogen and oxygen atoms in total. The number of furan rings is 1. The van der Waals surface area contributed by atoms with Crippen LogP contribution in [0.4, 0.5) is 5.00 Å². The minimum Gasteiger partial charge on any atom is -0.486 e. The largest absolute Gasteiger partial charge is 0.486 e. The molecule has 1 aromatic carbocycles. The number of esters is 1. The van der Waals surface area contributed by atoms with Gasteiger partial charge in [0.15, 0.2) is 5.76 Å². The van der Waals surface area contributed by atoms with Crippen molar-refractivity contribution in [2.24, 2.45) is 5.73 Å². The highest BCUT2D eigenvalue weighted by Gasteiger charge is 2.27. The van der Waals surface area contributed by atoms with Crippen molar-refractivity contribution in [3.8, 4) is 5.75 Å². The van der Waals surface area contributed by atoms with Crippen molar-refractivity contribution >= 4 is 34.1 Å². The van der Waals surface area contributed by atoms with Crippen LogP contribution in [0.3, 0.4) is 0 Å². The zero-order valence-electron chi connectivity index (χ0n) is 19.1. The molecule has 0 spiro atoms. The summed E-state index contributed by atoms with van der Waals surface area (Å²) in [4.78, 5) is 37.2. The molecule has 0 unspecified atom stereocenters. The summed E-state index contributed by atoms with van der Waals surface area (Å²) in [5.41, 5.74) is 8.15. The number of carbonyl (C=O) groups is 3. The van der Waals surface area contributed by atoms with Crippen LogP contribution >= 0.6 is 11.3 Å². The van der Waals surface area contributed by atoms with Gasteiger partial charge >= 0.3 is 5.97 Å². The van der Waals surface area contributed by atoms with E-state index in [2.05, 4.69) is 5.32 Å².